The summed E-state index contributed by atoms with van der Waals surface area (Å²) in [6, 6.07) is 27.4. The zero-order chi connectivity index (χ0) is 42.1. The average Bonchev–Trinajstić information content (AvgIpc) is 3.22. The topological polar surface area (TPSA) is 156 Å². The molecule has 4 N–H and O–H groups in total. The molecule has 0 unspecified atom stereocenters. The van der Waals surface area contributed by atoms with Gasteiger partial charge in [-0.2, -0.15) is 7.18 Å². The Hall–Kier alpha value is -1.44. The van der Waals surface area contributed by atoms with Crippen LogP contribution in [0, 0.1) is 18.8 Å². The van der Waals surface area contributed by atoms with E-state index in [4.69, 9.17) is 30.9 Å². The van der Waals surface area contributed by atoms with E-state index in [0.717, 1.165) is 11.1 Å². The third-order valence-corrected chi connectivity index (χ3v) is 6.97. The molecule has 57 heavy (non-hydrogen) atoms. The molecule has 4 aromatic rings. The van der Waals surface area contributed by atoms with Crippen LogP contribution in [-0.4, -0.2) is 48.9 Å². The van der Waals surface area contributed by atoms with Crippen LogP contribution in [0.3, 0.4) is 0 Å². The molecule has 0 fully saturated rings. The molecule has 0 aliphatic carbocycles. The SMILES string of the molecule is CCOC(=O)C[C@H](N)c1ccc(OCc2ccccc2)c(F)c1.CCOC(=O)C[C@H](NC)c1ccc(OCc2ccccc2)c(F)c1.CI.[2H]OOC=O.[CH2-]F.[K+].[K+]. The van der Waals surface area contributed by atoms with Crippen molar-refractivity contribution < 1.29 is 159 Å². The first-order chi connectivity index (χ1) is 27.1. The Morgan fingerprint density at radius 1 is 0.789 bits per heavy atom. The second kappa shape index (κ2) is 38.7. The summed E-state index contributed by atoms with van der Waals surface area (Å²) in [4.78, 5) is 37.3. The predicted molar refractivity (Wildman–Crippen MR) is 212 cm³/mol. The summed E-state index contributed by atoms with van der Waals surface area (Å²) in [6.45, 7) is 4.71. The first-order valence-electron chi connectivity index (χ1n) is 17.1. The number of esters is 2. The second-order valence-electron chi connectivity index (χ2n) is 10.6. The van der Waals surface area contributed by atoms with Gasteiger partial charge in [-0.05, 0) is 72.3 Å². The van der Waals surface area contributed by atoms with E-state index in [1.807, 2.05) is 65.6 Å². The minimum Gasteiger partial charge on any atom is -0.486 e. The van der Waals surface area contributed by atoms with Crippen molar-refractivity contribution in [3.8, 4) is 11.5 Å². The Balaban J connectivity index is -0.000000843. The van der Waals surface area contributed by atoms with Gasteiger partial charge in [0.25, 0.3) is 1.43 Å². The van der Waals surface area contributed by atoms with Crippen LogP contribution in [0.25, 0.3) is 1.43 Å². The molecule has 11 nitrogen and oxygen atoms in total. The van der Waals surface area contributed by atoms with Crippen molar-refractivity contribution in [2.45, 2.75) is 52.0 Å². The van der Waals surface area contributed by atoms with Gasteiger partial charge in [0.05, 0.1) is 26.1 Å². The molecule has 0 aliphatic rings. The molecule has 302 valence electrons. The summed E-state index contributed by atoms with van der Waals surface area (Å²) >= 11 is 2.15. The molecule has 0 saturated carbocycles. The van der Waals surface area contributed by atoms with E-state index in [-0.39, 0.29) is 152 Å². The van der Waals surface area contributed by atoms with Crippen LogP contribution in [0.5, 0.6) is 11.5 Å². The molecule has 0 bridgehead atoms. The molecule has 17 heteroatoms. The van der Waals surface area contributed by atoms with E-state index >= 15 is 0 Å². The zero-order valence-electron chi connectivity index (χ0n) is 34.2. The summed E-state index contributed by atoms with van der Waals surface area (Å²) in [5.74, 6) is -1.33. The molecular weight excluding hydrogens is 915 g/mol. The largest absolute Gasteiger partial charge is 1.00 e. The maximum Gasteiger partial charge on any atom is 1.00 e. The van der Waals surface area contributed by atoms with Crippen LogP contribution >= 0.6 is 22.6 Å². The molecular formula is C40H49F3IK2N2O9+. The molecule has 0 saturated heterocycles. The molecule has 0 aliphatic heterocycles. The molecule has 4 aromatic carbocycles. The molecule has 0 radical (unpaired) electrons. The quantitative estimate of drug-likeness (QED) is 0.0165. The van der Waals surface area contributed by atoms with Gasteiger partial charge >= 0.3 is 121 Å². The van der Waals surface area contributed by atoms with Crippen molar-refractivity contribution in [1.82, 2.24) is 5.32 Å². The molecule has 2 atom stereocenters. The van der Waals surface area contributed by atoms with E-state index < -0.39 is 23.6 Å². The number of nitrogens with one attached hydrogen (secondary N) is 1. The molecule has 0 amide bonds. The van der Waals surface area contributed by atoms with Crippen molar-refractivity contribution in [2.24, 2.45) is 5.73 Å². The normalized spacial score (nSPS) is 10.5. The number of halogens is 4. The van der Waals surface area contributed by atoms with Crippen molar-refractivity contribution in [3.05, 3.63) is 138 Å². The van der Waals surface area contributed by atoms with Crippen LogP contribution in [-0.2, 0) is 42.0 Å². The van der Waals surface area contributed by atoms with Crippen LogP contribution in [0.1, 0.15) is 61.0 Å². The third kappa shape index (κ3) is 26.4. The van der Waals surface area contributed by atoms with Crippen molar-refractivity contribution in [2.75, 3.05) is 25.2 Å². The number of carbonyl (C=O) groups is 3. The fourth-order valence-corrected chi connectivity index (χ4v) is 4.48. The predicted octanol–water partition coefficient (Wildman–Crippen LogP) is 2.42. The van der Waals surface area contributed by atoms with Crippen molar-refractivity contribution >= 4 is 41.0 Å². The van der Waals surface area contributed by atoms with E-state index in [0.29, 0.717) is 30.9 Å². The summed E-state index contributed by atoms with van der Waals surface area (Å²) in [5, 5.41) is 6.08. The molecule has 0 heterocycles. The van der Waals surface area contributed by atoms with Gasteiger partial charge < -0.3 is 39.3 Å². The Labute approximate surface area is 433 Å². The number of hydrogen-bond acceptors (Lipinski definition) is 11. The van der Waals surface area contributed by atoms with Gasteiger partial charge in [-0.3, -0.25) is 14.4 Å². The fourth-order valence-electron chi connectivity index (χ4n) is 4.48. The minimum atomic E-state index is -0.605. The number of ether oxygens (including phenoxy) is 4. The first-order valence-corrected chi connectivity index (χ1v) is 18.8. The Morgan fingerprint density at radius 2 is 1.21 bits per heavy atom. The van der Waals surface area contributed by atoms with Crippen molar-refractivity contribution in [1.29, 1.82) is 1.43 Å². The van der Waals surface area contributed by atoms with Gasteiger partial charge in [0, 0.05) is 12.1 Å². The molecule has 0 spiro atoms. The monoisotopic (exact) mass is 964 g/mol. The summed E-state index contributed by atoms with van der Waals surface area (Å²) in [5.41, 5.74) is 9.03. The number of hydrogen-bond donors (Lipinski definition) is 3. The fraction of sp³-hybridized carbons (Fsp3) is 0.300. The number of nitrogens with two attached hydrogens (primary N) is 1. The Morgan fingerprint density at radius 3 is 1.58 bits per heavy atom. The maximum absolute atomic E-state index is 14.3. The van der Waals surface area contributed by atoms with Crippen LogP contribution in [0.4, 0.5) is 13.2 Å². The van der Waals surface area contributed by atoms with Gasteiger partial charge in [0.1, 0.15) is 13.2 Å². The summed E-state index contributed by atoms with van der Waals surface area (Å²) < 4.78 is 64.0. The third-order valence-electron chi connectivity index (χ3n) is 6.97. The zero-order valence-corrected chi connectivity index (χ0v) is 41.6. The maximum atomic E-state index is 14.3. The van der Waals surface area contributed by atoms with Gasteiger partial charge in [-0.25, -0.2) is 14.0 Å². The van der Waals surface area contributed by atoms with Crippen LogP contribution in [0.15, 0.2) is 97.1 Å². The van der Waals surface area contributed by atoms with Gasteiger partial charge in [0.15, 0.2) is 23.1 Å². The molecule has 4 rings (SSSR count). The van der Waals surface area contributed by atoms with E-state index in [1.54, 1.807) is 46.3 Å². The smallest absolute Gasteiger partial charge is 0.486 e. The van der Waals surface area contributed by atoms with Gasteiger partial charge in [-0.15, -0.1) is 0 Å². The Bertz CT molecular complexity index is 1660. The van der Waals surface area contributed by atoms with Crippen LogP contribution < -0.4 is 123 Å². The van der Waals surface area contributed by atoms with Gasteiger partial charge in [-0.1, -0.05) is 95.4 Å². The number of carbonyl (C=O) groups excluding carboxylic acids is 3. The summed E-state index contributed by atoms with van der Waals surface area (Å²) in [7, 11) is 3.47. The standard InChI is InChI=1S/C19H22FNO3.C18H20FNO3.CH2F.CH3I.CH2O3.2K/c1-3-23-19(22)12-17(21-2)15-9-10-18(16(20)11-15)24-13-14-7-5-4-6-8-14;1-2-22-18(21)11-16(20)14-8-9-17(15(19)10-14)23-12-13-6-4-3-5-7-13;2*1-2;2-1-4-3;;/h4-11,17,21H,3,12-13H2,1-2H3;3-10,16H,2,11-12,20H2,1H3;1H2;1H3;1,3H;;/q;;-1;;;2*+1/t17-;16-;;;;;/m00...../s1/i/hD. The van der Waals surface area contributed by atoms with Gasteiger partial charge in [0.2, 0.25) is 0 Å². The summed E-state index contributed by atoms with van der Waals surface area (Å²) in [6.07, 6.45) is 0.158. The van der Waals surface area contributed by atoms with Crippen molar-refractivity contribution in [3.63, 3.8) is 0 Å². The average molecular weight is 965 g/mol. The Kier molecular flexibility index (Phi) is 39.2. The van der Waals surface area contributed by atoms with E-state index in [1.165, 1.54) is 18.2 Å². The van der Waals surface area contributed by atoms with E-state index in [2.05, 4.69) is 38.1 Å². The second-order valence-corrected chi connectivity index (χ2v) is 10.6. The minimum absolute atomic E-state index is 0. The van der Waals surface area contributed by atoms with E-state index in [9.17, 15) is 22.8 Å². The number of alkyl halides is 1. The first kappa shape index (κ1) is 57.7. The number of benzene rings is 4. The molecule has 0 aromatic heterocycles. The number of rotatable bonds is 17. The van der Waals surface area contributed by atoms with Crippen LogP contribution in [0.2, 0.25) is 0 Å².